The number of hydrogen-bond donors (Lipinski definition) is 1. The minimum Gasteiger partial charge on any atom is -0.493 e. The molecule has 2 aromatic rings. The van der Waals surface area contributed by atoms with E-state index in [0.717, 1.165) is 56.5 Å². The molecular weight excluding hydrogens is 340 g/mol. The molecule has 2 aliphatic heterocycles. The van der Waals surface area contributed by atoms with Crippen molar-refractivity contribution in [1.82, 2.24) is 20.4 Å². The van der Waals surface area contributed by atoms with Crippen molar-refractivity contribution in [2.24, 2.45) is 0 Å². The number of nitrogens with zero attached hydrogens (tertiary/aromatic N) is 3. The molecule has 7 heteroatoms. The molecule has 1 aromatic heterocycles. The molecule has 1 aromatic carbocycles. The molecule has 1 spiro atoms. The number of nitrogens with one attached hydrogen (secondary N) is 1. The minimum absolute atomic E-state index is 0. The van der Waals surface area contributed by atoms with E-state index in [1.54, 1.807) is 0 Å². The van der Waals surface area contributed by atoms with Gasteiger partial charge in [0.1, 0.15) is 5.75 Å². The van der Waals surface area contributed by atoms with Gasteiger partial charge in [-0.2, -0.15) is 4.98 Å². The Bertz CT molecular complexity index is 767. The van der Waals surface area contributed by atoms with Crippen LogP contribution in [0.4, 0.5) is 0 Å². The highest BCUT2D eigenvalue weighted by Crippen LogP contribution is 2.65. The number of fused-ring (bicyclic) bond motifs is 2. The van der Waals surface area contributed by atoms with E-state index in [0.29, 0.717) is 5.92 Å². The van der Waals surface area contributed by atoms with Crippen LogP contribution >= 0.6 is 12.4 Å². The number of halogens is 1. The molecule has 2 fully saturated rings. The summed E-state index contributed by atoms with van der Waals surface area (Å²) in [4.78, 5) is 7.06. The first-order chi connectivity index (χ1) is 11.8. The van der Waals surface area contributed by atoms with Crippen LogP contribution in [-0.2, 0) is 5.41 Å². The fraction of sp³-hybridized carbons (Fsp3) is 0.556. The van der Waals surface area contributed by atoms with Gasteiger partial charge >= 0.3 is 0 Å². The zero-order valence-electron chi connectivity index (χ0n) is 14.3. The highest BCUT2D eigenvalue weighted by molar-refractivity contribution is 5.85. The Balaban J connectivity index is 0.00000157. The number of hydrogen-bond acceptors (Lipinski definition) is 6. The van der Waals surface area contributed by atoms with E-state index < -0.39 is 0 Å². The molecule has 3 unspecified atom stereocenters. The zero-order chi connectivity index (χ0) is 16.1. The molecule has 1 saturated heterocycles. The fourth-order valence-electron chi connectivity index (χ4n) is 4.30. The van der Waals surface area contributed by atoms with E-state index in [2.05, 4.69) is 40.6 Å². The molecule has 6 nitrogen and oxygen atoms in total. The Hall–Kier alpha value is -1.63. The van der Waals surface area contributed by atoms with Crippen LogP contribution in [0.2, 0.25) is 0 Å². The van der Waals surface area contributed by atoms with Gasteiger partial charge in [-0.05, 0) is 26.0 Å². The lowest BCUT2D eigenvalue weighted by Gasteiger charge is -2.30. The summed E-state index contributed by atoms with van der Waals surface area (Å²) in [5.41, 5.74) is 1.44. The van der Waals surface area contributed by atoms with E-state index in [1.807, 2.05) is 6.07 Å². The molecule has 1 N–H and O–H groups in total. The van der Waals surface area contributed by atoms with Gasteiger partial charge in [-0.25, -0.2) is 0 Å². The van der Waals surface area contributed by atoms with Gasteiger partial charge in [0.2, 0.25) is 5.89 Å². The average Bonchev–Trinajstić information content (AvgIpc) is 3.11. The van der Waals surface area contributed by atoms with Gasteiger partial charge in [-0.15, -0.1) is 12.4 Å². The van der Waals surface area contributed by atoms with Crippen molar-refractivity contribution in [2.45, 2.75) is 30.2 Å². The lowest BCUT2D eigenvalue weighted by Crippen LogP contribution is -2.44. The van der Waals surface area contributed by atoms with E-state index >= 15 is 0 Å². The second-order valence-electron chi connectivity index (χ2n) is 7.20. The molecule has 0 bridgehead atoms. The monoisotopic (exact) mass is 362 g/mol. The summed E-state index contributed by atoms with van der Waals surface area (Å²) < 4.78 is 11.5. The quantitative estimate of drug-likeness (QED) is 0.884. The smallest absolute Gasteiger partial charge is 0.230 e. The van der Waals surface area contributed by atoms with Gasteiger partial charge in [0, 0.05) is 36.5 Å². The molecular formula is C18H23ClN4O2. The fourth-order valence-corrected chi connectivity index (χ4v) is 4.30. The molecule has 0 radical (unpaired) electrons. The molecule has 3 aliphatic rings. The molecule has 3 heterocycles. The van der Waals surface area contributed by atoms with Crippen LogP contribution < -0.4 is 10.1 Å². The average molecular weight is 363 g/mol. The third kappa shape index (κ3) is 2.63. The number of aromatic nitrogens is 2. The van der Waals surface area contributed by atoms with E-state index in [1.165, 1.54) is 5.56 Å². The summed E-state index contributed by atoms with van der Waals surface area (Å²) in [7, 11) is 2.12. The zero-order valence-corrected chi connectivity index (χ0v) is 15.1. The summed E-state index contributed by atoms with van der Waals surface area (Å²) in [6.07, 6.45) is 2.10. The van der Waals surface area contributed by atoms with Crippen molar-refractivity contribution in [3.63, 3.8) is 0 Å². The number of ether oxygens (including phenoxy) is 1. The predicted molar refractivity (Wildman–Crippen MR) is 95.4 cm³/mol. The molecule has 25 heavy (non-hydrogen) atoms. The van der Waals surface area contributed by atoms with Crippen LogP contribution in [0.15, 0.2) is 28.8 Å². The van der Waals surface area contributed by atoms with Crippen molar-refractivity contribution < 1.29 is 9.26 Å². The maximum absolute atomic E-state index is 5.82. The highest BCUT2D eigenvalue weighted by Gasteiger charge is 2.60. The molecule has 1 saturated carbocycles. The van der Waals surface area contributed by atoms with Gasteiger partial charge in [0.05, 0.1) is 12.6 Å². The molecule has 1 aliphatic carbocycles. The van der Waals surface area contributed by atoms with Gasteiger partial charge < -0.3 is 14.6 Å². The topological polar surface area (TPSA) is 63.4 Å². The lowest BCUT2D eigenvalue weighted by molar-refractivity contribution is 0.190. The lowest BCUT2D eigenvalue weighted by atomic mass is 9.87. The Morgan fingerprint density at radius 3 is 3.08 bits per heavy atom. The van der Waals surface area contributed by atoms with Crippen molar-refractivity contribution in [3.8, 4) is 5.75 Å². The summed E-state index contributed by atoms with van der Waals surface area (Å²) in [6.45, 7) is 3.67. The summed E-state index contributed by atoms with van der Waals surface area (Å²) in [5, 5.41) is 7.69. The Kier molecular flexibility index (Phi) is 4.22. The second-order valence-corrected chi connectivity index (χ2v) is 7.20. The van der Waals surface area contributed by atoms with Crippen LogP contribution in [0.25, 0.3) is 0 Å². The first-order valence-electron chi connectivity index (χ1n) is 8.75. The van der Waals surface area contributed by atoms with Crippen molar-refractivity contribution >= 4 is 12.4 Å². The van der Waals surface area contributed by atoms with E-state index in [9.17, 15) is 0 Å². The van der Waals surface area contributed by atoms with Crippen LogP contribution in [0.3, 0.4) is 0 Å². The molecule has 0 amide bonds. The largest absolute Gasteiger partial charge is 0.493 e. The SMILES string of the molecule is CN1CCNCC1c1noc(C2CC23CCOc2ccccc23)n1.Cl. The van der Waals surface area contributed by atoms with Gasteiger partial charge in [-0.3, -0.25) is 4.90 Å². The normalized spacial score (nSPS) is 31.1. The third-order valence-corrected chi connectivity index (χ3v) is 5.87. The number of benzene rings is 1. The first-order valence-corrected chi connectivity index (χ1v) is 8.75. The molecule has 5 rings (SSSR count). The van der Waals surface area contributed by atoms with E-state index in [-0.39, 0.29) is 23.9 Å². The predicted octanol–water partition coefficient (Wildman–Crippen LogP) is 2.28. The standard InChI is InChI=1S/C18H22N4O2.ClH/c1-22-8-7-19-11-14(22)16-20-17(24-21-16)13-10-18(13)6-9-23-15-5-3-2-4-12(15)18;/h2-5,13-14,19H,6-11H2,1H3;1H. The van der Waals surface area contributed by atoms with Crippen LogP contribution in [-0.4, -0.2) is 48.3 Å². The Morgan fingerprint density at radius 2 is 2.20 bits per heavy atom. The molecule has 3 atom stereocenters. The summed E-state index contributed by atoms with van der Waals surface area (Å²) in [5.74, 6) is 2.94. The minimum atomic E-state index is 0. The Labute approximate surface area is 153 Å². The maximum Gasteiger partial charge on any atom is 0.230 e. The van der Waals surface area contributed by atoms with Gasteiger partial charge in [0.15, 0.2) is 5.82 Å². The van der Waals surface area contributed by atoms with Crippen LogP contribution in [0.1, 0.15) is 42.1 Å². The number of rotatable bonds is 2. The van der Waals surface area contributed by atoms with Crippen molar-refractivity contribution in [1.29, 1.82) is 0 Å². The van der Waals surface area contributed by atoms with Crippen molar-refractivity contribution in [3.05, 3.63) is 41.5 Å². The summed E-state index contributed by atoms with van der Waals surface area (Å²) >= 11 is 0. The maximum atomic E-state index is 5.82. The Morgan fingerprint density at radius 1 is 1.32 bits per heavy atom. The number of piperazine rings is 1. The van der Waals surface area contributed by atoms with Crippen LogP contribution in [0.5, 0.6) is 5.75 Å². The summed E-state index contributed by atoms with van der Waals surface area (Å²) in [6, 6.07) is 8.57. The number of likely N-dealkylation sites (N-methyl/N-ethyl adjacent to an activating group) is 1. The van der Waals surface area contributed by atoms with E-state index in [4.69, 9.17) is 14.2 Å². The van der Waals surface area contributed by atoms with Crippen LogP contribution in [0, 0.1) is 0 Å². The van der Waals surface area contributed by atoms with Gasteiger partial charge in [-0.1, -0.05) is 23.4 Å². The first kappa shape index (κ1) is 16.8. The second kappa shape index (κ2) is 6.27. The third-order valence-electron chi connectivity index (χ3n) is 5.87. The van der Waals surface area contributed by atoms with Gasteiger partial charge in [0.25, 0.3) is 0 Å². The number of para-hydroxylation sites is 1. The highest BCUT2D eigenvalue weighted by atomic mass is 35.5. The van der Waals surface area contributed by atoms with Crippen molar-refractivity contribution in [2.75, 3.05) is 33.3 Å². The molecule has 134 valence electrons.